The summed E-state index contributed by atoms with van der Waals surface area (Å²) in [5.41, 5.74) is 6.32. The lowest BCUT2D eigenvalue weighted by atomic mass is 10.0. The van der Waals surface area contributed by atoms with Crippen molar-refractivity contribution in [3.05, 3.63) is 11.9 Å². The molecule has 0 fully saturated rings. The highest BCUT2D eigenvalue weighted by Gasteiger charge is 2.17. The number of carbonyl (C=O) groups excluding carboxylic acids is 1. The molecule has 0 saturated heterocycles. The van der Waals surface area contributed by atoms with Crippen LogP contribution in [-0.2, 0) is 9.53 Å². The second kappa shape index (κ2) is 6.03. The summed E-state index contributed by atoms with van der Waals surface area (Å²) in [6, 6.07) is 0. The number of nitrogens with zero attached hydrogens (tertiary/aromatic N) is 2. The molecule has 0 radical (unpaired) electrons. The van der Waals surface area contributed by atoms with E-state index in [0.717, 1.165) is 0 Å². The number of hydrogen-bond donors (Lipinski definition) is 1. The molecule has 0 aliphatic heterocycles. The standard InChI is InChI=1S/C11H17N3O3/c1-4-17-9(15)5-7(2)10-11(12)14-8(16-3)6-13-10/h6-7H,4-5H2,1-3H3,(H2,12,14). The van der Waals surface area contributed by atoms with Gasteiger partial charge in [0.15, 0.2) is 0 Å². The summed E-state index contributed by atoms with van der Waals surface area (Å²) < 4.78 is 9.77. The lowest BCUT2D eigenvalue weighted by Crippen LogP contribution is -2.12. The maximum absolute atomic E-state index is 11.3. The quantitative estimate of drug-likeness (QED) is 0.775. The maximum atomic E-state index is 11.3. The fraction of sp³-hybridized carbons (Fsp3) is 0.545. The van der Waals surface area contributed by atoms with Crippen molar-refractivity contribution in [3.8, 4) is 5.88 Å². The molecule has 2 N–H and O–H groups in total. The minimum Gasteiger partial charge on any atom is -0.480 e. The maximum Gasteiger partial charge on any atom is 0.306 e. The van der Waals surface area contributed by atoms with Gasteiger partial charge in [-0.3, -0.25) is 9.78 Å². The van der Waals surface area contributed by atoms with E-state index in [-0.39, 0.29) is 24.1 Å². The highest BCUT2D eigenvalue weighted by atomic mass is 16.5. The topological polar surface area (TPSA) is 87.3 Å². The molecule has 1 unspecified atom stereocenters. The fourth-order valence-electron chi connectivity index (χ4n) is 1.44. The predicted molar refractivity (Wildman–Crippen MR) is 62.7 cm³/mol. The number of hydrogen-bond acceptors (Lipinski definition) is 6. The molecule has 1 heterocycles. The van der Waals surface area contributed by atoms with Gasteiger partial charge in [0.05, 0.1) is 32.0 Å². The van der Waals surface area contributed by atoms with Gasteiger partial charge in [0.1, 0.15) is 5.82 Å². The van der Waals surface area contributed by atoms with E-state index in [1.54, 1.807) is 6.92 Å². The molecule has 6 nitrogen and oxygen atoms in total. The first-order chi connectivity index (χ1) is 8.08. The molecule has 6 heteroatoms. The molecule has 1 atom stereocenters. The lowest BCUT2D eigenvalue weighted by Gasteiger charge is -2.12. The van der Waals surface area contributed by atoms with Crippen molar-refractivity contribution in [2.24, 2.45) is 0 Å². The van der Waals surface area contributed by atoms with Crippen molar-refractivity contribution < 1.29 is 14.3 Å². The van der Waals surface area contributed by atoms with E-state index in [9.17, 15) is 4.79 Å². The summed E-state index contributed by atoms with van der Waals surface area (Å²) in [6.07, 6.45) is 1.71. The first kappa shape index (κ1) is 13.2. The molecule has 0 amide bonds. The van der Waals surface area contributed by atoms with Crippen molar-refractivity contribution in [1.82, 2.24) is 9.97 Å². The summed E-state index contributed by atoms with van der Waals surface area (Å²) in [6.45, 7) is 3.99. The lowest BCUT2D eigenvalue weighted by molar-refractivity contribution is -0.143. The number of ether oxygens (including phenoxy) is 2. The van der Waals surface area contributed by atoms with Crippen LogP contribution in [0, 0.1) is 0 Å². The zero-order valence-electron chi connectivity index (χ0n) is 10.3. The second-order valence-corrected chi connectivity index (χ2v) is 3.59. The molecule has 0 bridgehead atoms. The van der Waals surface area contributed by atoms with Crippen LogP contribution in [0.5, 0.6) is 5.88 Å². The van der Waals surface area contributed by atoms with Gasteiger partial charge in [-0.2, -0.15) is 4.98 Å². The van der Waals surface area contributed by atoms with Crippen LogP contribution in [0.2, 0.25) is 0 Å². The Morgan fingerprint density at radius 3 is 2.82 bits per heavy atom. The van der Waals surface area contributed by atoms with Gasteiger partial charge in [0, 0.05) is 5.92 Å². The Morgan fingerprint density at radius 2 is 2.29 bits per heavy atom. The summed E-state index contributed by atoms with van der Waals surface area (Å²) in [5, 5.41) is 0. The second-order valence-electron chi connectivity index (χ2n) is 3.59. The molecule has 94 valence electrons. The molecule has 0 aromatic carbocycles. The molecule has 0 aliphatic rings. The molecule has 1 aromatic rings. The van der Waals surface area contributed by atoms with E-state index in [4.69, 9.17) is 15.2 Å². The fourth-order valence-corrected chi connectivity index (χ4v) is 1.44. The monoisotopic (exact) mass is 239 g/mol. The largest absolute Gasteiger partial charge is 0.480 e. The Kier molecular flexibility index (Phi) is 4.68. The van der Waals surface area contributed by atoms with Crippen LogP contribution in [0.1, 0.15) is 31.9 Å². The van der Waals surface area contributed by atoms with Gasteiger partial charge in [0.2, 0.25) is 5.88 Å². The van der Waals surface area contributed by atoms with Crippen LogP contribution in [0.25, 0.3) is 0 Å². The minimum atomic E-state index is -0.267. The first-order valence-corrected chi connectivity index (χ1v) is 5.40. The van der Waals surface area contributed by atoms with Crippen LogP contribution in [0.3, 0.4) is 0 Å². The Bertz CT molecular complexity index is 396. The number of carbonyl (C=O) groups is 1. The van der Waals surface area contributed by atoms with E-state index in [2.05, 4.69) is 9.97 Å². The molecule has 1 aromatic heterocycles. The van der Waals surface area contributed by atoms with Crippen molar-refractivity contribution >= 4 is 11.8 Å². The third kappa shape index (κ3) is 3.58. The van der Waals surface area contributed by atoms with Crippen molar-refractivity contribution in [2.45, 2.75) is 26.2 Å². The van der Waals surface area contributed by atoms with Crippen LogP contribution in [0.4, 0.5) is 5.82 Å². The third-order valence-corrected chi connectivity index (χ3v) is 2.26. The Hall–Kier alpha value is -1.85. The minimum absolute atomic E-state index is 0.132. The zero-order chi connectivity index (χ0) is 12.8. The summed E-state index contributed by atoms with van der Waals surface area (Å²) in [5.74, 6) is 0.236. The predicted octanol–water partition coefficient (Wildman–Crippen LogP) is 1.12. The zero-order valence-corrected chi connectivity index (χ0v) is 10.3. The smallest absolute Gasteiger partial charge is 0.306 e. The van der Waals surface area contributed by atoms with Crippen molar-refractivity contribution in [2.75, 3.05) is 19.5 Å². The van der Waals surface area contributed by atoms with Gasteiger partial charge in [-0.05, 0) is 6.92 Å². The number of nitrogens with two attached hydrogens (primary N) is 1. The van der Waals surface area contributed by atoms with Gasteiger partial charge in [-0.1, -0.05) is 6.92 Å². The van der Waals surface area contributed by atoms with Gasteiger partial charge < -0.3 is 15.2 Å². The Labute approximate surface area is 100 Å². The average Bonchev–Trinajstić information content (AvgIpc) is 2.28. The van der Waals surface area contributed by atoms with E-state index in [0.29, 0.717) is 18.2 Å². The van der Waals surface area contributed by atoms with Gasteiger partial charge >= 0.3 is 5.97 Å². The molecule has 17 heavy (non-hydrogen) atoms. The Balaban J connectivity index is 2.75. The van der Waals surface area contributed by atoms with Gasteiger partial charge in [-0.25, -0.2) is 0 Å². The normalized spacial score (nSPS) is 11.9. The average molecular weight is 239 g/mol. The third-order valence-electron chi connectivity index (χ3n) is 2.26. The van der Waals surface area contributed by atoms with E-state index in [1.807, 2.05) is 6.92 Å². The highest BCUT2D eigenvalue weighted by molar-refractivity contribution is 5.70. The van der Waals surface area contributed by atoms with Crippen LogP contribution >= 0.6 is 0 Å². The first-order valence-electron chi connectivity index (χ1n) is 5.40. The molecule has 0 saturated carbocycles. The summed E-state index contributed by atoms with van der Waals surface area (Å²) in [7, 11) is 1.49. The van der Waals surface area contributed by atoms with E-state index < -0.39 is 0 Å². The van der Waals surface area contributed by atoms with Crippen molar-refractivity contribution in [1.29, 1.82) is 0 Å². The molecule has 1 rings (SSSR count). The number of esters is 1. The highest BCUT2D eigenvalue weighted by Crippen LogP contribution is 2.23. The Morgan fingerprint density at radius 1 is 1.59 bits per heavy atom. The van der Waals surface area contributed by atoms with Crippen LogP contribution in [-0.4, -0.2) is 29.7 Å². The van der Waals surface area contributed by atoms with E-state index in [1.165, 1.54) is 13.3 Å². The molecule has 0 spiro atoms. The summed E-state index contributed by atoms with van der Waals surface area (Å²) >= 11 is 0. The van der Waals surface area contributed by atoms with Crippen LogP contribution < -0.4 is 10.5 Å². The SMILES string of the molecule is CCOC(=O)CC(C)c1ncc(OC)nc1N. The number of methoxy groups -OCH3 is 1. The van der Waals surface area contributed by atoms with Crippen molar-refractivity contribution in [3.63, 3.8) is 0 Å². The summed E-state index contributed by atoms with van der Waals surface area (Å²) in [4.78, 5) is 19.5. The molecular formula is C11H17N3O3. The van der Waals surface area contributed by atoms with Gasteiger partial charge in [0.25, 0.3) is 0 Å². The number of anilines is 1. The van der Waals surface area contributed by atoms with Gasteiger partial charge in [-0.15, -0.1) is 0 Å². The molecule has 0 aliphatic carbocycles. The molecular weight excluding hydrogens is 222 g/mol. The number of rotatable bonds is 5. The van der Waals surface area contributed by atoms with Crippen LogP contribution in [0.15, 0.2) is 6.20 Å². The number of nitrogen functional groups attached to an aromatic ring is 1. The van der Waals surface area contributed by atoms with E-state index >= 15 is 0 Å². The number of aromatic nitrogens is 2.